The molecule has 4 rings (SSSR count). The lowest BCUT2D eigenvalue weighted by molar-refractivity contribution is -0.143. The average molecular weight is 808 g/mol. The fourth-order valence-electron chi connectivity index (χ4n) is 5.02. The van der Waals surface area contributed by atoms with E-state index in [2.05, 4.69) is 22.5 Å². The summed E-state index contributed by atoms with van der Waals surface area (Å²) in [5, 5.41) is 0.759. The van der Waals surface area contributed by atoms with Crippen LogP contribution in [-0.2, 0) is 44.1 Å². The normalized spacial score (nSPS) is 17.0. The van der Waals surface area contributed by atoms with Gasteiger partial charge in [0.25, 0.3) is 12.9 Å². The summed E-state index contributed by atoms with van der Waals surface area (Å²) in [6.07, 6.45) is -5.43. The van der Waals surface area contributed by atoms with E-state index in [1.54, 1.807) is 14.0 Å². The van der Waals surface area contributed by atoms with Crippen LogP contribution in [0.4, 0.5) is 39.5 Å². The van der Waals surface area contributed by atoms with Gasteiger partial charge in [0.05, 0.1) is 30.9 Å². The van der Waals surface area contributed by atoms with E-state index in [4.69, 9.17) is 21.1 Å². The minimum Gasteiger partial charge on any atom is -0.496 e. The highest BCUT2D eigenvalue weighted by Crippen LogP contribution is 2.38. The number of alkyl halides is 9. The fraction of sp³-hybridized carbons (Fsp3) is 0.333. The Kier molecular flexibility index (Phi) is 17.5. The summed E-state index contributed by atoms with van der Waals surface area (Å²) in [5.41, 5.74) is -0.155. The Hall–Kier alpha value is -4.76. The van der Waals surface area contributed by atoms with Crippen LogP contribution >= 0.6 is 11.6 Å². The van der Waals surface area contributed by atoms with Gasteiger partial charge in [0.2, 0.25) is 0 Å². The van der Waals surface area contributed by atoms with Gasteiger partial charge in [0.1, 0.15) is 12.4 Å². The fourth-order valence-corrected chi connectivity index (χ4v) is 5.36. The third kappa shape index (κ3) is 15.1. The molecule has 55 heavy (non-hydrogen) atoms. The van der Waals surface area contributed by atoms with Gasteiger partial charge < -0.3 is 14.2 Å². The van der Waals surface area contributed by atoms with Crippen LogP contribution in [0.3, 0.4) is 0 Å². The van der Waals surface area contributed by atoms with E-state index in [9.17, 15) is 44.3 Å². The maximum absolute atomic E-state index is 12.9. The third-order valence-electron chi connectivity index (χ3n) is 7.94. The molecule has 0 saturated heterocycles. The number of nitrogens with zero attached hydrogens (tertiary/aromatic N) is 1. The summed E-state index contributed by atoms with van der Waals surface area (Å²) in [6.45, 7) is 4.10. The van der Waals surface area contributed by atoms with Crippen molar-refractivity contribution < 1.29 is 63.3 Å². The van der Waals surface area contributed by atoms with Crippen molar-refractivity contribution in [3.8, 4) is 16.9 Å². The number of methoxy groups -OCH3 is 2. The number of carbonyl (C=O) groups excluding carboxylic acids is 2. The van der Waals surface area contributed by atoms with E-state index in [0.717, 1.165) is 33.9 Å². The lowest BCUT2D eigenvalue weighted by Crippen LogP contribution is -2.32. The summed E-state index contributed by atoms with van der Waals surface area (Å²) in [6, 6.07) is 11.9. The first-order chi connectivity index (χ1) is 25.6. The summed E-state index contributed by atoms with van der Waals surface area (Å²) in [7, 11) is 4.36. The number of hydrogen-bond donors (Lipinski definition) is 0. The highest BCUT2D eigenvalue weighted by Gasteiger charge is 2.37. The monoisotopic (exact) mass is 807 g/mol. The Balaban J connectivity index is 0.000000353. The lowest BCUT2D eigenvalue weighted by atomic mass is 9.94. The van der Waals surface area contributed by atoms with Crippen LogP contribution in [0.2, 0.25) is 0 Å². The van der Waals surface area contributed by atoms with Crippen molar-refractivity contribution in [1.29, 1.82) is 0 Å². The quantitative estimate of drug-likeness (QED) is 0.150. The molecule has 2 atom stereocenters. The second-order valence-corrected chi connectivity index (χ2v) is 12.6. The smallest absolute Gasteiger partial charge is 0.416 e. The maximum Gasteiger partial charge on any atom is 0.416 e. The van der Waals surface area contributed by atoms with Gasteiger partial charge in [-0.3, -0.25) is 14.5 Å². The van der Waals surface area contributed by atoms with Crippen LogP contribution in [0.5, 0.6) is 5.75 Å². The molecule has 0 bridgehead atoms. The molecule has 0 spiro atoms. The molecule has 3 aromatic rings. The van der Waals surface area contributed by atoms with E-state index in [0.29, 0.717) is 36.3 Å². The summed E-state index contributed by atoms with van der Waals surface area (Å²) in [4.78, 5) is 20.5. The van der Waals surface area contributed by atoms with Gasteiger partial charge in [-0.1, -0.05) is 61.0 Å². The van der Waals surface area contributed by atoms with Gasteiger partial charge in [-0.05, 0) is 84.6 Å². The van der Waals surface area contributed by atoms with Crippen molar-refractivity contribution in [3.05, 3.63) is 118 Å². The molecule has 0 saturated carbocycles. The molecule has 0 radical (unpaired) electrons. The molecular weight excluding hydrogens is 769 g/mol. The van der Waals surface area contributed by atoms with E-state index in [-0.39, 0.29) is 43.2 Å². The van der Waals surface area contributed by atoms with Crippen molar-refractivity contribution in [3.63, 3.8) is 0 Å². The first kappa shape index (κ1) is 46.4. The van der Waals surface area contributed by atoms with Gasteiger partial charge in [-0.15, -0.1) is 0 Å². The van der Waals surface area contributed by atoms with E-state index in [1.807, 2.05) is 36.4 Å². The second kappa shape index (κ2) is 20.8. The molecule has 0 amide bonds. The summed E-state index contributed by atoms with van der Waals surface area (Å²) < 4.78 is 129. The zero-order valence-electron chi connectivity index (χ0n) is 30.3. The molecule has 1 aliphatic carbocycles. The molecule has 300 valence electrons. The summed E-state index contributed by atoms with van der Waals surface area (Å²) >= 11 is 6.36. The molecule has 16 heteroatoms. The van der Waals surface area contributed by atoms with Gasteiger partial charge in [0.15, 0.2) is 0 Å². The van der Waals surface area contributed by atoms with E-state index < -0.39 is 35.2 Å². The Morgan fingerprint density at radius 1 is 0.818 bits per heavy atom. The molecule has 0 aliphatic heterocycles. The number of carbonyl (C=O) groups is 2. The number of hydrogen-bond acceptors (Lipinski definition) is 6. The third-order valence-corrected chi connectivity index (χ3v) is 8.20. The number of allylic oxidation sites excluding steroid dienone is 6. The maximum atomic E-state index is 12.9. The zero-order chi connectivity index (χ0) is 41.6. The van der Waals surface area contributed by atoms with Crippen molar-refractivity contribution in [2.24, 2.45) is 5.92 Å². The molecule has 0 N–H and O–H groups in total. The van der Waals surface area contributed by atoms with E-state index in [1.165, 1.54) is 31.2 Å². The Morgan fingerprint density at radius 2 is 1.36 bits per heavy atom. The average Bonchev–Trinajstić information content (AvgIpc) is 3.11. The van der Waals surface area contributed by atoms with Crippen LogP contribution in [0.1, 0.15) is 48.1 Å². The number of rotatable bonds is 10. The predicted molar refractivity (Wildman–Crippen MR) is 191 cm³/mol. The molecule has 0 heterocycles. The molecule has 6 nitrogen and oxygen atoms in total. The van der Waals surface area contributed by atoms with Crippen LogP contribution < -0.4 is 4.74 Å². The van der Waals surface area contributed by atoms with Gasteiger partial charge in [-0.25, -0.2) is 0 Å². The van der Waals surface area contributed by atoms with Crippen LogP contribution in [0, 0.1) is 5.92 Å². The minimum atomic E-state index is -4.87. The highest BCUT2D eigenvalue weighted by molar-refractivity contribution is 6.30. The largest absolute Gasteiger partial charge is 0.496 e. The molecule has 2 unspecified atom stereocenters. The number of halogens is 10. The molecule has 0 aromatic heterocycles. The second-order valence-electron chi connectivity index (χ2n) is 12.2. The Bertz CT molecular complexity index is 1770. The SMILES string of the molecule is CC(COC=O)N(C)Cc1cc(C(F)(F)F)cc(C(F)(F)F)c1.COC=O.COc1ccc(/C2=C/C=CC(C)/C=C(/Cl)C2)cc1-c1ccc(C(F)(F)F)cc1. The first-order valence-corrected chi connectivity index (χ1v) is 16.6. The molecular formula is C39H39ClF9NO5. The van der Waals surface area contributed by atoms with Gasteiger partial charge in [0, 0.05) is 29.6 Å². The highest BCUT2D eigenvalue weighted by atomic mass is 35.5. The Morgan fingerprint density at radius 3 is 1.85 bits per heavy atom. The van der Waals surface area contributed by atoms with Crippen molar-refractivity contribution in [2.75, 3.05) is 27.9 Å². The molecule has 0 fully saturated rings. The topological polar surface area (TPSA) is 65.1 Å². The summed E-state index contributed by atoms with van der Waals surface area (Å²) in [5.74, 6) is 0.865. The van der Waals surface area contributed by atoms with Gasteiger partial charge >= 0.3 is 18.5 Å². The van der Waals surface area contributed by atoms with E-state index >= 15 is 0 Å². The molecule has 1 aliphatic rings. The first-order valence-electron chi connectivity index (χ1n) is 16.2. The van der Waals surface area contributed by atoms with Crippen LogP contribution in [0.15, 0.2) is 90.0 Å². The Labute approximate surface area is 317 Å². The van der Waals surface area contributed by atoms with Crippen LogP contribution in [-0.4, -0.2) is 51.8 Å². The number of benzene rings is 3. The zero-order valence-corrected chi connectivity index (χ0v) is 31.0. The van der Waals surface area contributed by atoms with Crippen LogP contribution in [0.25, 0.3) is 16.7 Å². The standard InChI is InChI=1S/C23H20ClF3O.C14H15F6NO2.C2H4O2/c1-15-4-3-5-17(13-20(24)12-15)18-8-11-22(28-2)21(14-18)16-6-9-19(10-7-16)23(25,26)27;1-9(7-23-8-22)21(2)6-10-3-11(13(15,16)17)5-12(4-10)14(18,19)20;1-4-2-3/h3-12,14-15H,13H2,1-2H3;3-5,8-9H,6-7H2,1-2H3;2H,1H3/b4-3?,17-5+,20-12+;;. The number of ether oxygens (including phenoxy) is 3. The minimum absolute atomic E-state index is 0.0227. The van der Waals surface area contributed by atoms with Crippen molar-refractivity contribution >= 4 is 30.1 Å². The van der Waals surface area contributed by atoms with Crippen molar-refractivity contribution in [2.45, 2.75) is 51.4 Å². The predicted octanol–water partition coefficient (Wildman–Crippen LogP) is 11.0. The van der Waals surface area contributed by atoms with Gasteiger partial charge in [-0.2, -0.15) is 39.5 Å². The van der Waals surface area contributed by atoms with Crippen molar-refractivity contribution in [1.82, 2.24) is 4.90 Å². The lowest BCUT2D eigenvalue weighted by Gasteiger charge is -2.24. The number of likely N-dealkylation sites (N-methyl/N-ethyl adjacent to an activating group) is 1. The molecule has 3 aromatic carbocycles.